The van der Waals surface area contributed by atoms with Gasteiger partial charge in [-0.1, -0.05) is 34.8 Å². The molecule has 0 saturated heterocycles. The lowest BCUT2D eigenvalue weighted by Crippen LogP contribution is -2.05. The van der Waals surface area contributed by atoms with E-state index < -0.39 is 0 Å². The molecule has 2 aromatic heterocycles. The van der Waals surface area contributed by atoms with Crippen molar-refractivity contribution in [1.29, 1.82) is 0 Å². The largest absolute Gasteiger partial charge is 0.278 e. The third-order valence-electron chi connectivity index (χ3n) is 3.22. The molecule has 2 heterocycles. The molecule has 0 aliphatic heterocycles. The van der Waals surface area contributed by atoms with Gasteiger partial charge in [0.1, 0.15) is 11.3 Å². The molecular formula is C13H10Cl4N4. The zero-order valence-corrected chi connectivity index (χ0v) is 14.2. The van der Waals surface area contributed by atoms with Gasteiger partial charge in [-0.05, 0) is 19.1 Å². The summed E-state index contributed by atoms with van der Waals surface area (Å²) in [5, 5.41) is 5.65. The lowest BCUT2D eigenvalue weighted by atomic mass is 10.3. The standard InChI is InChI=1S/C13H10Cl4N4/c1-6-12-13(20(2)19-6)21(11(5-14)18-12)10-4-8(16)7(15)3-9(10)17/h3-4H,5H2,1-2H3. The van der Waals surface area contributed by atoms with Crippen molar-refractivity contribution in [2.75, 3.05) is 0 Å². The number of aromatic nitrogens is 4. The minimum Gasteiger partial charge on any atom is -0.278 e. The Balaban J connectivity index is 2.41. The second-order valence-electron chi connectivity index (χ2n) is 4.60. The van der Waals surface area contributed by atoms with E-state index in [1.165, 1.54) is 0 Å². The minimum atomic E-state index is 0.241. The van der Waals surface area contributed by atoms with Crippen LogP contribution in [0.1, 0.15) is 11.5 Å². The molecule has 3 aromatic rings. The number of fused-ring (bicyclic) bond motifs is 1. The molecule has 0 aliphatic carbocycles. The van der Waals surface area contributed by atoms with Crippen molar-refractivity contribution >= 4 is 57.6 Å². The Morgan fingerprint density at radius 3 is 2.43 bits per heavy atom. The van der Waals surface area contributed by atoms with Crippen LogP contribution in [-0.4, -0.2) is 19.3 Å². The van der Waals surface area contributed by atoms with E-state index in [9.17, 15) is 0 Å². The molecule has 110 valence electrons. The highest BCUT2D eigenvalue weighted by Crippen LogP contribution is 2.34. The lowest BCUT2D eigenvalue weighted by Gasteiger charge is -2.11. The molecule has 3 rings (SSSR count). The molecule has 0 fully saturated rings. The Kier molecular flexibility index (Phi) is 3.82. The van der Waals surface area contributed by atoms with Crippen molar-refractivity contribution in [3.05, 3.63) is 38.7 Å². The van der Waals surface area contributed by atoms with Crippen molar-refractivity contribution in [2.45, 2.75) is 12.8 Å². The van der Waals surface area contributed by atoms with Gasteiger partial charge in [0.25, 0.3) is 0 Å². The van der Waals surface area contributed by atoms with Crippen molar-refractivity contribution in [3.63, 3.8) is 0 Å². The van der Waals surface area contributed by atoms with E-state index in [1.807, 2.05) is 18.5 Å². The molecule has 21 heavy (non-hydrogen) atoms. The summed E-state index contributed by atoms with van der Waals surface area (Å²) < 4.78 is 3.60. The van der Waals surface area contributed by atoms with E-state index in [1.54, 1.807) is 16.8 Å². The first kappa shape index (κ1) is 15.0. The van der Waals surface area contributed by atoms with Gasteiger partial charge in [0.15, 0.2) is 5.65 Å². The zero-order valence-electron chi connectivity index (χ0n) is 11.2. The highest BCUT2D eigenvalue weighted by Gasteiger charge is 2.20. The number of imidazole rings is 1. The molecular weight excluding hydrogens is 354 g/mol. The van der Waals surface area contributed by atoms with Gasteiger partial charge in [-0.15, -0.1) is 11.6 Å². The van der Waals surface area contributed by atoms with Gasteiger partial charge < -0.3 is 0 Å². The third-order valence-corrected chi connectivity index (χ3v) is 4.49. The molecule has 0 atom stereocenters. The Morgan fingerprint density at radius 2 is 1.76 bits per heavy atom. The smallest absolute Gasteiger partial charge is 0.163 e. The fourth-order valence-electron chi connectivity index (χ4n) is 2.34. The average molecular weight is 364 g/mol. The Hall–Kier alpha value is -0.940. The first-order valence-electron chi connectivity index (χ1n) is 6.05. The van der Waals surface area contributed by atoms with Crippen LogP contribution in [0.15, 0.2) is 12.1 Å². The molecule has 0 spiro atoms. The molecule has 1 aromatic carbocycles. The molecule has 0 amide bonds. The molecule has 8 heteroatoms. The van der Waals surface area contributed by atoms with Gasteiger partial charge in [-0.2, -0.15) is 5.10 Å². The first-order chi connectivity index (χ1) is 9.93. The van der Waals surface area contributed by atoms with Crippen molar-refractivity contribution in [1.82, 2.24) is 19.3 Å². The van der Waals surface area contributed by atoms with Crippen LogP contribution in [0, 0.1) is 6.92 Å². The monoisotopic (exact) mass is 362 g/mol. The molecule has 0 radical (unpaired) electrons. The summed E-state index contributed by atoms with van der Waals surface area (Å²) in [6, 6.07) is 3.31. The van der Waals surface area contributed by atoms with E-state index in [4.69, 9.17) is 46.4 Å². The molecule has 4 nitrogen and oxygen atoms in total. The molecule has 0 saturated carbocycles. The highest BCUT2D eigenvalue weighted by atomic mass is 35.5. The van der Waals surface area contributed by atoms with E-state index in [0.717, 1.165) is 16.9 Å². The fraction of sp³-hybridized carbons (Fsp3) is 0.231. The van der Waals surface area contributed by atoms with E-state index in [-0.39, 0.29) is 5.88 Å². The van der Waals surface area contributed by atoms with Crippen LogP contribution in [0.4, 0.5) is 0 Å². The average Bonchev–Trinajstić information content (AvgIpc) is 2.93. The maximum absolute atomic E-state index is 6.32. The summed E-state index contributed by atoms with van der Waals surface area (Å²) >= 11 is 24.4. The maximum Gasteiger partial charge on any atom is 0.163 e. The molecule has 0 bridgehead atoms. The quantitative estimate of drug-likeness (QED) is 0.485. The Labute approximate surface area is 141 Å². The SMILES string of the molecule is Cc1nn(C)c2c1nc(CCl)n2-c1cc(Cl)c(Cl)cc1Cl. The molecule has 0 unspecified atom stereocenters. The van der Waals surface area contributed by atoms with Crippen LogP contribution in [0.5, 0.6) is 0 Å². The molecule has 0 N–H and O–H groups in total. The van der Waals surface area contributed by atoms with Crippen LogP contribution in [0.25, 0.3) is 16.9 Å². The van der Waals surface area contributed by atoms with Gasteiger partial charge in [0.2, 0.25) is 0 Å². The van der Waals surface area contributed by atoms with Gasteiger partial charge in [0.05, 0.1) is 32.3 Å². The number of benzene rings is 1. The molecule has 0 aliphatic rings. The van der Waals surface area contributed by atoms with Crippen LogP contribution >= 0.6 is 46.4 Å². The number of hydrogen-bond acceptors (Lipinski definition) is 2. The van der Waals surface area contributed by atoms with Crippen LogP contribution in [0.3, 0.4) is 0 Å². The first-order valence-corrected chi connectivity index (χ1v) is 7.72. The number of halogens is 4. The summed E-state index contributed by atoms with van der Waals surface area (Å²) in [7, 11) is 1.84. The fourth-order valence-corrected chi connectivity index (χ4v) is 3.15. The summed E-state index contributed by atoms with van der Waals surface area (Å²) in [4.78, 5) is 4.53. The zero-order chi connectivity index (χ0) is 15.3. The summed E-state index contributed by atoms with van der Waals surface area (Å²) in [5.74, 6) is 0.910. The van der Waals surface area contributed by atoms with Gasteiger partial charge >= 0.3 is 0 Å². The number of hydrogen-bond donors (Lipinski definition) is 0. The summed E-state index contributed by atoms with van der Waals surface area (Å²) in [6.45, 7) is 1.90. The second kappa shape index (κ2) is 5.36. The van der Waals surface area contributed by atoms with Crippen molar-refractivity contribution in [2.24, 2.45) is 7.05 Å². The van der Waals surface area contributed by atoms with Gasteiger partial charge in [-0.3, -0.25) is 4.57 Å². The van der Waals surface area contributed by atoms with Gasteiger partial charge in [0, 0.05) is 7.05 Å². The second-order valence-corrected chi connectivity index (χ2v) is 6.08. The van der Waals surface area contributed by atoms with Crippen molar-refractivity contribution < 1.29 is 0 Å². The maximum atomic E-state index is 6.32. The van der Waals surface area contributed by atoms with E-state index in [2.05, 4.69) is 10.1 Å². The van der Waals surface area contributed by atoms with Gasteiger partial charge in [-0.25, -0.2) is 9.67 Å². The predicted octanol–water partition coefficient (Wildman–Crippen LogP) is 4.77. The predicted molar refractivity (Wildman–Crippen MR) is 87.2 cm³/mol. The van der Waals surface area contributed by atoms with E-state index in [0.29, 0.717) is 26.6 Å². The summed E-state index contributed by atoms with van der Waals surface area (Å²) in [6.07, 6.45) is 0. The van der Waals surface area contributed by atoms with E-state index >= 15 is 0 Å². The number of aryl methyl sites for hydroxylation is 2. The summed E-state index contributed by atoms with van der Waals surface area (Å²) in [5.41, 5.74) is 3.10. The normalized spacial score (nSPS) is 11.5. The minimum absolute atomic E-state index is 0.241. The third kappa shape index (κ3) is 2.30. The van der Waals surface area contributed by atoms with Crippen molar-refractivity contribution in [3.8, 4) is 5.69 Å². The lowest BCUT2D eigenvalue weighted by molar-refractivity contribution is 0.755. The number of alkyl halides is 1. The number of rotatable bonds is 2. The highest BCUT2D eigenvalue weighted by molar-refractivity contribution is 6.43. The Bertz CT molecular complexity index is 850. The Morgan fingerprint density at radius 1 is 1.10 bits per heavy atom. The van der Waals surface area contributed by atoms with Crippen LogP contribution in [0.2, 0.25) is 15.1 Å². The van der Waals surface area contributed by atoms with Crippen LogP contribution in [-0.2, 0) is 12.9 Å². The topological polar surface area (TPSA) is 35.6 Å². The van der Waals surface area contributed by atoms with Crippen LogP contribution < -0.4 is 0 Å². The number of nitrogens with zero attached hydrogens (tertiary/aromatic N) is 4.